The summed E-state index contributed by atoms with van der Waals surface area (Å²) in [6, 6.07) is 7.99. The fourth-order valence-electron chi connectivity index (χ4n) is 1.83. The van der Waals surface area contributed by atoms with E-state index >= 15 is 0 Å². The highest BCUT2D eigenvalue weighted by molar-refractivity contribution is 5.90. The maximum Gasteiger partial charge on any atom is 0.0950 e. The summed E-state index contributed by atoms with van der Waals surface area (Å²) >= 11 is 0. The van der Waals surface area contributed by atoms with Gasteiger partial charge in [-0.25, -0.2) is 0 Å². The molecule has 0 radical (unpaired) electrons. The normalized spacial score (nSPS) is 11.1. The van der Waals surface area contributed by atoms with Crippen molar-refractivity contribution in [2.75, 3.05) is 25.1 Å². The lowest BCUT2D eigenvalue weighted by molar-refractivity contribution is 0.133. The first-order valence-corrected chi connectivity index (χ1v) is 6.79. The molecule has 19 heavy (non-hydrogen) atoms. The van der Waals surface area contributed by atoms with E-state index in [0.29, 0.717) is 12.5 Å². The number of anilines is 1. The number of benzene rings is 1. The first kappa shape index (κ1) is 13.7. The molecule has 0 aliphatic heterocycles. The first-order chi connectivity index (χ1) is 9.27. The molecule has 0 fully saturated rings. The zero-order valence-corrected chi connectivity index (χ0v) is 11.6. The number of hydrogen-bond donors (Lipinski definition) is 1. The third kappa shape index (κ3) is 4.17. The number of fused-ring (bicyclic) bond motifs is 1. The molecule has 0 amide bonds. The molecule has 0 bridgehead atoms. The van der Waals surface area contributed by atoms with Gasteiger partial charge < -0.3 is 10.1 Å². The Kier molecular flexibility index (Phi) is 5.10. The van der Waals surface area contributed by atoms with Crippen LogP contribution in [0.15, 0.2) is 30.5 Å². The van der Waals surface area contributed by atoms with Gasteiger partial charge in [-0.05, 0) is 18.4 Å². The number of rotatable bonds is 7. The number of ether oxygens (including phenoxy) is 1. The molecule has 102 valence electrons. The van der Waals surface area contributed by atoms with Crippen LogP contribution in [-0.4, -0.2) is 30.0 Å². The van der Waals surface area contributed by atoms with E-state index in [1.807, 2.05) is 24.3 Å². The molecule has 0 aliphatic rings. The molecule has 0 unspecified atom stereocenters. The summed E-state index contributed by atoms with van der Waals surface area (Å²) in [6.45, 7) is 6.73. The second-order valence-electron chi connectivity index (χ2n) is 5.00. The van der Waals surface area contributed by atoms with Crippen molar-refractivity contribution in [2.24, 2.45) is 5.92 Å². The van der Waals surface area contributed by atoms with Crippen LogP contribution in [-0.2, 0) is 4.74 Å². The Bertz CT molecular complexity index is 508. The van der Waals surface area contributed by atoms with Crippen LogP contribution in [0.1, 0.15) is 20.3 Å². The number of aromatic nitrogens is 2. The van der Waals surface area contributed by atoms with Gasteiger partial charge in [0.1, 0.15) is 0 Å². The van der Waals surface area contributed by atoms with E-state index in [0.717, 1.165) is 36.2 Å². The van der Waals surface area contributed by atoms with E-state index < -0.39 is 0 Å². The lowest BCUT2D eigenvalue weighted by Crippen LogP contribution is -2.11. The fourth-order valence-corrected chi connectivity index (χ4v) is 1.83. The molecule has 0 atom stereocenters. The minimum absolute atomic E-state index is 0.696. The quantitative estimate of drug-likeness (QED) is 0.776. The largest absolute Gasteiger partial charge is 0.381 e. The third-order valence-electron chi connectivity index (χ3n) is 2.95. The molecule has 0 saturated carbocycles. The fraction of sp³-hybridized carbons (Fsp3) is 0.467. The maximum atomic E-state index is 5.58. The van der Waals surface area contributed by atoms with Gasteiger partial charge in [0.2, 0.25) is 0 Å². The molecule has 0 saturated heterocycles. The van der Waals surface area contributed by atoms with Gasteiger partial charge >= 0.3 is 0 Å². The second-order valence-corrected chi connectivity index (χ2v) is 5.00. The lowest BCUT2D eigenvalue weighted by Gasteiger charge is -2.09. The van der Waals surface area contributed by atoms with Crippen molar-refractivity contribution in [3.8, 4) is 0 Å². The van der Waals surface area contributed by atoms with Crippen molar-refractivity contribution >= 4 is 16.6 Å². The Morgan fingerprint density at radius 3 is 2.89 bits per heavy atom. The van der Waals surface area contributed by atoms with Gasteiger partial charge in [-0.15, -0.1) is 0 Å². The number of nitrogens with one attached hydrogen (secondary N) is 1. The summed E-state index contributed by atoms with van der Waals surface area (Å²) < 4.78 is 5.58. The topological polar surface area (TPSA) is 47.0 Å². The van der Waals surface area contributed by atoms with E-state index in [1.54, 1.807) is 6.20 Å². The van der Waals surface area contributed by atoms with E-state index in [-0.39, 0.29) is 0 Å². The van der Waals surface area contributed by atoms with Crippen LogP contribution in [0.25, 0.3) is 10.9 Å². The van der Waals surface area contributed by atoms with Crippen molar-refractivity contribution in [2.45, 2.75) is 20.3 Å². The molecule has 0 spiro atoms. The molecule has 0 aliphatic carbocycles. The zero-order chi connectivity index (χ0) is 13.5. The predicted molar refractivity (Wildman–Crippen MR) is 78.3 cm³/mol. The van der Waals surface area contributed by atoms with Crippen molar-refractivity contribution in [1.82, 2.24) is 10.2 Å². The molecule has 4 heteroatoms. The van der Waals surface area contributed by atoms with E-state index in [4.69, 9.17) is 4.74 Å². The standard InChI is InChI=1S/C15H21N3O/c1-12(2)7-9-19-10-8-16-15-11-17-18-14-6-4-3-5-13(14)15/h3-6,11-12H,7-10H2,1-2H3,(H,16,18). The SMILES string of the molecule is CC(C)CCOCCNc1cnnc2ccccc12. The van der Waals surface area contributed by atoms with Crippen LogP contribution in [0.2, 0.25) is 0 Å². The molecular weight excluding hydrogens is 238 g/mol. The Morgan fingerprint density at radius 2 is 2.05 bits per heavy atom. The summed E-state index contributed by atoms with van der Waals surface area (Å²) in [5.41, 5.74) is 1.92. The van der Waals surface area contributed by atoms with Crippen LogP contribution < -0.4 is 5.32 Å². The summed E-state index contributed by atoms with van der Waals surface area (Å²) in [4.78, 5) is 0. The molecule has 1 N–H and O–H groups in total. The average molecular weight is 259 g/mol. The van der Waals surface area contributed by atoms with Crippen LogP contribution in [0.3, 0.4) is 0 Å². The Hall–Kier alpha value is -1.68. The monoisotopic (exact) mass is 259 g/mol. The van der Waals surface area contributed by atoms with Gasteiger partial charge in [0, 0.05) is 18.5 Å². The minimum atomic E-state index is 0.696. The van der Waals surface area contributed by atoms with Gasteiger partial charge in [0.25, 0.3) is 0 Å². The Balaban J connectivity index is 1.82. The van der Waals surface area contributed by atoms with Crippen LogP contribution in [0.4, 0.5) is 5.69 Å². The summed E-state index contributed by atoms with van der Waals surface area (Å²) in [7, 11) is 0. The zero-order valence-electron chi connectivity index (χ0n) is 11.6. The summed E-state index contributed by atoms with van der Waals surface area (Å²) in [5, 5.41) is 12.5. The predicted octanol–water partition coefficient (Wildman–Crippen LogP) is 3.10. The molecule has 1 aromatic carbocycles. The molecule has 4 nitrogen and oxygen atoms in total. The maximum absolute atomic E-state index is 5.58. The van der Waals surface area contributed by atoms with E-state index in [9.17, 15) is 0 Å². The van der Waals surface area contributed by atoms with Crippen LogP contribution in [0, 0.1) is 5.92 Å². The van der Waals surface area contributed by atoms with Crippen molar-refractivity contribution < 1.29 is 4.74 Å². The second kappa shape index (κ2) is 7.04. The van der Waals surface area contributed by atoms with Gasteiger partial charge in [-0.2, -0.15) is 10.2 Å². The van der Waals surface area contributed by atoms with Gasteiger partial charge in [-0.3, -0.25) is 0 Å². The number of nitrogens with zero attached hydrogens (tertiary/aromatic N) is 2. The van der Waals surface area contributed by atoms with Gasteiger partial charge in [-0.1, -0.05) is 32.0 Å². The van der Waals surface area contributed by atoms with Crippen molar-refractivity contribution in [3.63, 3.8) is 0 Å². The highest BCUT2D eigenvalue weighted by Crippen LogP contribution is 2.19. The first-order valence-electron chi connectivity index (χ1n) is 6.79. The molecule has 2 rings (SSSR count). The summed E-state index contributed by atoms with van der Waals surface area (Å²) in [5.74, 6) is 0.696. The van der Waals surface area contributed by atoms with Crippen LogP contribution >= 0.6 is 0 Å². The molecule has 1 aromatic heterocycles. The molecular formula is C15H21N3O. The Morgan fingerprint density at radius 1 is 1.21 bits per heavy atom. The highest BCUT2D eigenvalue weighted by atomic mass is 16.5. The van der Waals surface area contributed by atoms with Gasteiger partial charge in [0.15, 0.2) is 0 Å². The van der Waals surface area contributed by atoms with Crippen molar-refractivity contribution in [3.05, 3.63) is 30.5 Å². The number of hydrogen-bond acceptors (Lipinski definition) is 4. The molecule has 2 aromatic rings. The third-order valence-corrected chi connectivity index (χ3v) is 2.95. The molecule has 1 heterocycles. The highest BCUT2D eigenvalue weighted by Gasteiger charge is 2.01. The Labute approximate surface area is 114 Å². The van der Waals surface area contributed by atoms with Gasteiger partial charge in [0.05, 0.1) is 24.0 Å². The van der Waals surface area contributed by atoms with E-state index in [2.05, 4.69) is 29.4 Å². The van der Waals surface area contributed by atoms with E-state index in [1.165, 1.54) is 0 Å². The van der Waals surface area contributed by atoms with Crippen molar-refractivity contribution in [1.29, 1.82) is 0 Å². The lowest BCUT2D eigenvalue weighted by atomic mass is 10.1. The average Bonchev–Trinajstić information content (AvgIpc) is 2.42. The summed E-state index contributed by atoms with van der Waals surface area (Å²) in [6.07, 6.45) is 2.87. The smallest absolute Gasteiger partial charge is 0.0950 e. The van der Waals surface area contributed by atoms with Crippen LogP contribution in [0.5, 0.6) is 0 Å². The minimum Gasteiger partial charge on any atom is -0.381 e.